The van der Waals surface area contributed by atoms with E-state index in [1.54, 1.807) is 0 Å². The van der Waals surface area contributed by atoms with Crippen LogP contribution < -0.4 is 5.32 Å². The molecule has 2 fully saturated rings. The molecule has 2 saturated heterocycles. The van der Waals surface area contributed by atoms with Crippen LogP contribution >= 0.6 is 0 Å². The van der Waals surface area contributed by atoms with Gasteiger partial charge in [-0.3, -0.25) is 14.5 Å². The predicted octanol–water partition coefficient (Wildman–Crippen LogP) is 1.01. The van der Waals surface area contributed by atoms with Crippen molar-refractivity contribution in [2.24, 2.45) is 5.92 Å². The van der Waals surface area contributed by atoms with Crippen LogP contribution in [0.3, 0.4) is 0 Å². The molecule has 0 unspecified atom stereocenters. The summed E-state index contributed by atoms with van der Waals surface area (Å²) < 4.78 is 0. The lowest BCUT2D eigenvalue weighted by molar-refractivity contribution is -0.138. The van der Waals surface area contributed by atoms with Crippen LogP contribution in [-0.4, -0.2) is 59.9 Å². The molecule has 2 atom stereocenters. The zero-order chi connectivity index (χ0) is 15.4. The van der Waals surface area contributed by atoms with Crippen LogP contribution in [0.5, 0.6) is 0 Å². The molecule has 0 radical (unpaired) electrons. The van der Waals surface area contributed by atoms with Gasteiger partial charge in [0, 0.05) is 38.1 Å². The molecule has 0 spiro atoms. The lowest BCUT2D eigenvalue weighted by Gasteiger charge is -2.45. The molecule has 0 aromatic heterocycles. The maximum absolute atomic E-state index is 12.5. The first-order chi connectivity index (χ1) is 10.0. The largest absolute Gasteiger partial charge is 0.352 e. The van der Waals surface area contributed by atoms with Crippen LogP contribution in [0.25, 0.3) is 0 Å². The molecule has 21 heavy (non-hydrogen) atoms. The topological polar surface area (TPSA) is 52.7 Å². The number of hydrogen-bond donors (Lipinski definition) is 1. The minimum absolute atomic E-state index is 0.157. The van der Waals surface area contributed by atoms with Crippen LogP contribution in [-0.2, 0) is 9.59 Å². The van der Waals surface area contributed by atoms with Gasteiger partial charge in [0.1, 0.15) is 0 Å². The highest BCUT2D eigenvalue weighted by atomic mass is 16.2. The Bertz CT molecular complexity index is 408. The summed E-state index contributed by atoms with van der Waals surface area (Å²) in [7, 11) is 0. The summed E-state index contributed by atoms with van der Waals surface area (Å²) in [5.41, 5.74) is 0. The zero-order valence-corrected chi connectivity index (χ0v) is 13.2. The minimum atomic E-state index is -0.219. The van der Waals surface area contributed by atoms with Crippen molar-refractivity contribution in [1.29, 1.82) is 0 Å². The van der Waals surface area contributed by atoms with Crippen molar-refractivity contribution in [2.45, 2.75) is 45.2 Å². The lowest BCUT2D eigenvalue weighted by atomic mass is 9.97. The van der Waals surface area contributed by atoms with Gasteiger partial charge in [-0.2, -0.15) is 0 Å². The molecule has 0 bridgehead atoms. The van der Waals surface area contributed by atoms with Crippen molar-refractivity contribution in [3.8, 4) is 0 Å². The SMILES string of the molecule is C=CC(=O)NCCC(=O)N1C[C@@H]2CCCN2C[C@H]1C(C)C. The fourth-order valence-electron chi connectivity index (χ4n) is 3.41. The second-order valence-electron chi connectivity index (χ2n) is 6.39. The third-order valence-corrected chi connectivity index (χ3v) is 4.64. The van der Waals surface area contributed by atoms with Crippen molar-refractivity contribution >= 4 is 11.8 Å². The summed E-state index contributed by atoms with van der Waals surface area (Å²) in [5.74, 6) is 0.395. The van der Waals surface area contributed by atoms with Gasteiger partial charge in [-0.15, -0.1) is 0 Å². The van der Waals surface area contributed by atoms with Gasteiger partial charge in [-0.05, 0) is 31.4 Å². The van der Waals surface area contributed by atoms with Gasteiger partial charge in [0.05, 0.1) is 0 Å². The summed E-state index contributed by atoms with van der Waals surface area (Å²) in [5, 5.41) is 2.68. The maximum Gasteiger partial charge on any atom is 0.243 e. The van der Waals surface area contributed by atoms with Gasteiger partial charge < -0.3 is 10.2 Å². The van der Waals surface area contributed by atoms with Crippen molar-refractivity contribution in [3.63, 3.8) is 0 Å². The number of rotatable bonds is 5. The normalized spacial score (nSPS) is 25.8. The Hall–Kier alpha value is -1.36. The van der Waals surface area contributed by atoms with E-state index in [1.165, 1.54) is 25.5 Å². The number of carbonyl (C=O) groups excluding carboxylic acids is 2. The first-order valence-electron chi connectivity index (χ1n) is 7.96. The Morgan fingerprint density at radius 2 is 2.14 bits per heavy atom. The second kappa shape index (κ2) is 7.07. The summed E-state index contributed by atoms with van der Waals surface area (Å²) >= 11 is 0. The molecule has 0 aromatic rings. The van der Waals surface area contributed by atoms with E-state index in [0.29, 0.717) is 31.0 Å². The highest BCUT2D eigenvalue weighted by molar-refractivity contribution is 5.87. The molecule has 0 saturated carbocycles. The van der Waals surface area contributed by atoms with Crippen LogP contribution in [0.2, 0.25) is 0 Å². The van der Waals surface area contributed by atoms with E-state index >= 15 is 0 Å². The first kappa shape index (κ1) is 16.0. The molecule has 2 amide bonds. The van der Waals surface area contributed by atoms with Crippen LogP contribution in [0, 0.1) is 5.92 Å². The predicted molar refractivity (Wildman–Crippen MR) is 82.8 cm³/mol. The van der Waals surface area contributed by atoms with E-state index in [9.17, 15) is 9.59 Å². The smallest absolute Gasteiger partial charge is 0.243 e. The molecule has 5 heteroatoms. The van der Waals surface area contributed by atoms with E-state index < -0.39 is 0 Å². The average molecular weight is 293 g/mol. The number of piperazine rings is 1. The summed E-state index contributed by atoms with van der Waals surface area (Å²) in [6.07, 6.45) is 4.04. The molecule has 2 aliphatic rings. The Morgan fingerprint density at radius 3 is 2.81 bits per heavy atom. The van der Waals surface area contributed by atoms with Crippen molar-refractivity contribution in [2.75, 3.05) is 26.2 Å². The van der Waals surface area contributed by atoms with Crippen LogP contribution in [0.1, 0.15) is 33.1 Å². The fraction of sp³-hybridized carbons (Fsp3) is 0.750. The highest BCUT2D eigenvalue weighted by Crippen LogP contribution is 2.27. The molecule has 5 nitrogen and oxygen atoms in total. The molecule has 1 N–H and O–H groups in total. The standard InChI is InChI=1S/C16H27N3O2/c1-4-15(20)17-8-7-16(21)19-10-13-6-5-9-18(13)11-14(19)12(2)3/h4,12-14H,1,5-11H2,2-3H3,(H,17,20)/t13-,14-/m0/s1. The number of carbonyl (C=O) groups is 2. The van der Waals surface area contributed by atoms with Crippen molar-refractivity contribution in [1.82, 2.24) is 15.1 Å². The van der Waals surface area contributed by atoms with Gasteiger partial charge in [0.2, 0.25) is 11.8 Å². The fourth-order valence-corrected chi connectivity index (χ4v) is 3.41. The molecule has 118 valence electrons. The van der Waals surface area contributed by atoms with Crippen molar-refractivity contribution < 1.29 is 9.59 Å². The van der Waals surface area contributed by atoms with Gasteiger partial charge >= 0.3 is 0 Å². The third kappa shape index (κ3) is 3.84. The Kier molecular flexibility index (Phi) is 5.39. The minimum Gasteiger partial charge on any atom is -0.352 e. The molecule has 2 heterocycles. The summed E-state index contributed by atoms with van der Waals surface area (Å²) in [4.78, 5) is 28.2. The average Bonchev–Trinajstić information content (AvgIpc) is 2.92. The van der Waals surface area contributed by atoms with E-state index in [1.807, 2.05) is 0 Å². The van der Waals surface area contributed by atoms with Gasteiger partial charge in [-0.1, -0.05) is 20.4 Å². The molecular formula is C16H27N3O2. The molecular weight excluding hydrogens is 266 g/mol. The monoisotopic (exact) mass is 293 g/mol. The van der Waals surface area contributed by atoms with E-state index in [4.69, 9.17) is 0 Å². The Labute approximate surface area is 127 Å². The van der Waals surface area contributed by atoms with Gasteiger partial charge in [0.25, 0.3) is 0 Å². The maximum atomic E-state index is 12.5. The zero-order valence-electron chi connectivity index (χ0n) is 13.2. The highest BCUT2D eigenvalue weighted by Gasteiger charge is 2.39. The number of amides is 2. The number of nitrogens with one attached hydrogen (secondary N) is 1. The van der Waals surface area contributed by atoms with Crippen molar-refractivity contribution in [3.05, 3.63) is 12.7 Å². The number of nitrogens with zero attached hydrogens (tertiary/aromatic N) is 2. The molecule has 0 aromatic carbocycles. The van der Waals surface area contributed by atoms with E-state index in [-0.39, 0.29) is 11.8 Å². The first-order valence-corrected chi connectivity index (χ1v) is 7.96. The van der Waals surface area contributed by atoms with Crippen LogP contribution in [0.4, 0.5) is 0 Å². The molecule has 0 aliphatic carbocycles. The number of hydrogen-bond acceptors (Lipinski definition) is 3. The second-order valence-corrected chi connectivity index (χ2v) is 6.39. The lowest BCUT2D eigenvalue weighted by Crippen LogP contribution is -2.59. The van der Waals surface area contributed by atoms with Crippen LogP contribution in [0.15, 0.2) is 12.7 Å². The Balaban J connectivity index is 1.92. The quantitative estimate of drug-likeness (QED) is 0.770. The number of fused-ring (bicyclic) bond motifs is 1. The van der Waals surface area contributed by atoms with E-state index in [0.717, 1.165) is 13.1 Å². The van der Waals surface area contributed by atoms with Gasteiger partial charge in [0.15, 0.2) is 0 Å². The van der Waals surface area contributed by atoms with Gasteiger partial charge in [-0.25, -0.2) is 0 Å². The molecule has 2 rings (SSSR count). The Morgan fingerprint density at radius 1 is 1.38 bits per heavy atom. The summed E-state index contributed by atoms with van der Waals surface area (Å²) in [6.45, 7) is 11.2. The van der Waals surface area contributed by atoms with E-state index in [2.05, 4.69) is 35.5 Å². The summed E-state index contributed by atoms with van der Waals surface area (Å²) in [6, 6.07) is 0.827. The molecule has 2 aliphatic heterocycles. The third-order valence-electron chi connectivity index (χ3n) is 4.64.